The van der Waals surface area contributed by atoms with Gasteiger partial charge in [0, 0.05) is 18.1 Å². The van der Waals surface area contributed by atoms with E-state index in [4.69, 9.17) is 0 Å². The van der Waals surface area contributed by atoms with E-state index in [1.807, 2.05) is 23.9 Å². The summed E-state index contributed by atoms with van der Waals surface area (Å²) < 4.78 is 2.00. The summed E-state index contributed by atoms with van der Waals surface area (Å²) >= 11 is 0. The molecule has 0 amide bonds. The molecule has 2 rings (SSSR count). The van der Waals surface area contributed by atoms with Crippen LogP contribution in [0.3, 0.4) is 0 Å². The number of hydrogen-bond donors (Lipinski definition) is 0. The molecule has 0 bridgehead atoms. The van der Waals surface area contributed by atoms with E-state index in [9.17, 15) is 0 Å². The van der Waals surface area contributed by atoms with E-state index >= 15 is 0 Å². The summed E-state index contributed by atoms with van der Waals surface area (Å²) in [4.78, 5) is 4.06. The predicted molar refractivity (Wildman–Crippen MR) is 63.4 cm³/mol. The van der Waals surface area contributed by atoms with Crippen LogP contribution < -0.4 is 0 Å². The first-order chi connectivity index (χ1) is 7.25. The van der Waals surface area contributed by atoms with Gasteiger partial charge in [0.15, 0.2) is 0 Å². The van der Waals surface area contributed by atoms with Gasteiger partial charge in [-0.05, 0) is 25.5 Å². The third-order valence-electron chi connectivity index (χ3n) is 2.36. The van der Waals surface area contributed by atoms with Gasteiger partial charge in [-0.2, -0.15) is 0 Å². The molecule has 2 aromatic rings. The van der Waals surface area contributed by atoms with E-state index in [0.29, 0.717) is 0 Å². The summed E-state index contributed by atoms with van der Waals surface area (Å²) in [5, 5.41) is 0. The molecule has 0 saturated carbocycles. The third-order valence-corrected chi connectivity index (χ3v) is 2.36. The quantitative estimate of drug-likeness (QED) is 0.725. The lowest BCUT2D eigenvalue weighted by Gasteiger charge is -1.97. The molecule has 0 aliphatic heterocycles. The highest BCUT2D eigenvalue weighted by molar-refractivity contribution is 5.60. The fraction of sp³-hybridized carbons (Fsp3) is 0.154. The van der Waals surface area contributed by atoms with Gasteiger partial charge in [0.05, 0.1) is 6.33 Å². The Balaban J connectivity index is 2.19. The van der Waals surface area contributed by atoms with Crippen molar-refractivity contribution in [2.24, 2.45) is 0 Å². The highest BCUT2D eigenvalue weighted by Gasteiger charge is 1.90. The second-order valence-corrected chi connectivity index (χ2v) is 3.67. The van der Waals surface area contributed by atoms with Crippen LogP contribution in [0.1, 0.15) is 16.8 Å². The predicted octanol–water partition coefficient (Wildman–Crippen LogP) is 3.13. The summed E-state index contributed by atoms with van der Waals surface area (Å²) in [5.41, 5.74) is 3.62. The number of nitrogens with zero attached hydrogens (tertiary/aromatic N) is 2. The zero-order valence-corrected chi connectivity index (χ0v) is 9.01. The number of benzene rings is 1. The molecule has 0 fully saturated rings. The van der Waals surface area contributed by atoms with Crippen molar-refractivity contribution in [1.82, 2.24) is 9.55 Å². The first-order valence-corrected chi connectivity index (χ1v) is 4.99. The smallest absolute Gasteiger partial charge is 0.0989 e. The average molecular weight is 198 g/mol. The van der Waals surface area contributed by atoms with Gasteiger partial charge < -0.3 is 4.57 Å². The molecule has 1 aromatic heterocycles. The van der Waals surface area contributed by atoms with E-state index in [1.54, 1.807) is 6.33 Å². The SMILES string of the molecule is Cc1ccc(/C=C\n2cncc2C)cc1. The third kappa shape index (κ3) is 2.34. The lowest BCUT2D eigenvalue weighted by atomic mass is 10.1. The minimum atomic E-state index is 1.14. The molecule has 0 unspecified atom stereocenters. The van der Waals surface area contributed by atoms with Crippen molar-refractivity contribution < 1.29 is 0 Å². The lowest BCUT2D eigenvalue weighted by molar-refractivity contribution is 1.08. The van der Waals surface area contributed by atoms with Gasteiger partial charge >= 0.3 is 0 Å². The van der Waals surface area contributed by atoms with Gasteiger partial charge in [-0.25, -0.2) is 4.98 Å². The molecule has 0 N–H and O–H groups in total. The number of hydrogen-bond acceptors (Lipinski definition) is 1. The molecule has 0 atom stereocenters. The van der Waals surface area contributed by atoms with Gasteiger partial charge in [-0.3, -0.25) is 0 Å². The van der Waals surface area contributed by atoms with Crippen molar-refractivity contribution in [2.75, 3.05) is 0 Å². The van der Waals surface area contributed by atoms with Crippen LogP contribution in [0.25, 0.3) is 12.3 Å². The average Bonchev–Trinajstić information content (AvgIpc) is 2.63. The fourth-order valence-electron chi connectivity index (χ4n) is 1.37. The molecular formula is C13H14N2. The highest BCUT2D eigenvalue weighted by atomic mass is 15.0. The van der Waals surface area contributed by atoms with Crippen molar-refractivity contribution in [1.29, 1.82) is 0 Å². The Morgan fingerprint density at radius 2 is 1.87 bits per heavy atom. The maximum Gasteiger partial charge on any atom is 0.0989 e. The molecule has 0 radical (unpaired) electrons. The summed E-state index contributed by atoms with van der Waals surface area (Å²) in [6.07, 6.45) is 7.75. The molecule has 0 aliphatic rings. The zero-order chi connectivity index (χ0) is 10.7. The number of aryl methyl sites for hydroxylation is 2. The Morgan fingerprint density at radius 1 is 1.13 bits per heavy atom. The Morgan fingerprint density at radius 3 is 2.47 bits per heavy atom. The van der Waals surface area contributed by atoms with Crippen LogP contribution in [0, 0.1) is 13.8 Å². The zero-order valence-electron chi connectivity index (χ0n) is 9.01. The van der Waals surface area contributed by atoms with Crippen LogP contribution >= 0.6 is 0 Å². The number of imidazole rings is 1. The monoisotopic (exact) mass is 198 g/mol. The summed E-state index contributed by atoms with van der Waals surface area (Å²) in [6, 6.07) is 8.44. The first-order valence-electron chi connectivity index (χ1n) is 4.99. The highest BCUT2D eigenvalue weighted by Crippen LogP contribution is 2.06. The molecule has 0 aliphatic carbocycles. The van der Waals surface area contributed by atoms with Crippen molar-refractivity contribution in [3.8, 4) is 0 Å². The molecule has 76 valence electrons. The second-order valence-electron chi connectivity index (χ2n) is 3.67. The molecule has 1 aromatic carbocycles. The molecule has 2 nitrogen and oxygen atoms in total. The molecule has 0 saturated heterocycles. The Hall–Kier alpha value is -1.83. The largest absolute Gasteiger partial charge is 0.310 e. The summed E-state index contributed by atoms with van der Waals surface area (Å²) in [6.45, 7) is 4.12. The van der Waals surface area contributed by atoms with Crippen molar-refractivity contribution >= 4 is 12.3 Å². The van der Waals surface area contributed by atoms with E-state index in [-0.39, 0.29) is 0 Å². The van der Waals surface area contributed by atoms with Gasteiger partial charge in [0.1, 0.15) is 0 Å². The summed E-state index contributed by atoms with van der Waals surface area (Å²) in [7, 11) is 0. The Kier molecular flexibility index (Phi) is 2.68. The number of rotatable bonds is 2. The minimum Gasteiger partial charge on any atom is -0.310 e. The lowest BCUT2D eigenvalue weighted by Crippen LogP contribution is -1.85. The normalized spacial score (nSPS) is 11.1. The van der Waals surface area contributed by atoms with Gasteiger partial charge in [-0.1, -0.05) is 29.8 Å². The fourth-order valence-corrected chi connectivity index (χ4v) is 1.37. The molecule has 15 heavy (non-hydrogen) atoms. The first kappa shape index (κ1) is 9.71. The Labute approximate surface area is 89.9 Å². The topological polar surface area (TPSA) is 17.8 Å². The molecule has 1 heterocycles. The van der Waals surface area contributed by atoms with Crippen LogP contribution in [0.2, 0.25) is 0 Å². The van der Waals surface area contributed by atoms with Crippen LogP contribution in [0.5, 0.6) is 0 Å². The van der Waals surface area contributed by atoms with Crippen molar-refractivity contribution in [3.05, 3.63) is 53.6 Å². The second kappa shape index (κ2) is 4.13. The number of aromatic nitrogens is 2. The van der Waals surface area contributed by atoms with Gasteiger partial charge in [-0.15, -0.1) is 0 Å². The van der Waals surface area contributed by atoms with Crippen LogP contribution in [-0.2, 0) is 0 Å². The van der Waals surface area contributed by atoms with Gasteiger partial charge in [0.2, 0.25) is 0 Å². The molecule has 2 heteroatoms. The minimum absolute atomic E-state index is 1.14. The van der Waals surface area contributed by atoms with Crippen LogP contribution in [0.4, 0.5) is 0 Å². The van der Waals surface area contributed by atoms with E-state index in [1.165, 1.54) is 11.1 Å². The molecule has 0 spiro atoms. The van der Waals surface area contributed by atoms with E-state index in [2.05, 4.69) is 42.2 Å². The standard InChI is InChI=1S/C13H14N2/c1-11-3-5-13(6-4-11)7-8-15-10-14-9-12(15)2/h3-10H,1-2H3/b8-7-. The maximum absolute atomic E-state index is 4.06. The van der Waals surface area contributed by atoms with E-state index < -0.39 is 0 Å². The Bertz CT molecular complexity index is 464. The van der Waals surface area contributed by atoms with Gasteiger partial charge in [0.25, 0.3) is 0 Å². The van der Waals surface area contributed by atoms with Crippen LogP contribution in [-0.4, -0.2) is 9.55 Å². The summed E-state index contributed by atoms with van der Waals surface area (Å²) in [5.74, 6) is 0. The van der Waals surface area contributed by atoms with Crippen molar-refractivity contribution in [2.45, 2.75) is 13.8 Å². The van der Waals surface area contributed by atoms with Crippen LogP contribution in [0.15, 0.2) is 36.8 Å². The maximum atomic E-state index is 4.06. The van der Waals surface area contributed by atoms with Crippen molar-refractivity contribution in [3.63, 3.8) is 0 Å². The molecular weight excluding hydrogens is 184 g/mol. The van der Waals surface area contributed by atoms with E-state index in [0.717, 1.165) is 5.69 Å².